The van der Waals surface area contributed by atoms with E-state index >= 15 is 0 Å². The van der Waals surface area contributed by atoms with Gasteiger partial charge in [0.05, 0.1) is 12.7 Å². The monoisotopic (exact) mass is 253 g/mol. The highest BCUT2D eigenvalue weighted by Crippen LogP contribution is 2.23. The summed E-state index contributed by atoms with van der Waals surface area (Å²) in [7, 11) is 0. The lowest BCUT2D eigenvalue weighted by molar-refractivity contribution is -0.128. The van der Waals surface area contributed by atoms with Gasteiger partial charge in [-0.05, 0) is 12.0 Å². The molecule has 1 saturated heterocycles. The maximum absolute atomic E-state index is 11.5. The molecule has 1 heterocycles. The van der Waals surface area contributed by atoms with Crippen molar-refractivity contribution in [3.05, 3.63) is 35.9 Å². The molecule has 1 atom stereocenters. The lowest BCUT2D eigenvalue weighted by atomic mass is 10.1. The zero-order chi connectivity index (χ0) is 12.1. The van der Waals surface area contributed by atoms with Crippen LogP contribution in [0.5, 0.6) is 0 Å². The van der Waals surface area contributed by atoms with Crippen molar-refractivity contribution in [2.24, 2.45) is 0 Å². The number of alkyl halides is 1. The molecule has 92 valence electrons. The molecule has 0 aromatic heterocycles. The number of hydrogen-bond donors (Lipinski definition) is 0. The molecule has 0 N–H and O–H groups in total. The van der Waals surface area contributed by atoms with Crippen molar-refractivity contribution in [3.8, 4) is 0 Å². The molecule has 1 aromatic carbocycles. The Morgan fingerprint density at radius 3 is 2.82 bits per heavy atom. The summed E-state index contributed by atoms with van der Waals surface area (Å²) in [6, 6.07) is 10.1. The first-order chi connectivity index (χ1) is 8.31. The Hall–Kier alpha value is -1.06. The van der Waals surface area contributed by atoms with E-state index in [0.29, 0.717) is 19.7 Å². The summed E-state index contributed by atoms with van der Waals surface area (Å²) in [4.78, 5) is 13.3. The molecule has 1 aromatic rings. The first kappa shape index (κ1) is 12.4. The number of nitrogens with zero attached hydrogens (tertiary/aromatic N) is 1. The van der Waals surface area contributed by atoms with Crippen LogP contribution in [0, 0.1) is 0 Å². The van der Waals surface area contributed by atoms with E-state index < -0.39 is 0 Å². The first-order valence-corrected chi connectivity index (χ1v) is 6.35. The van der Waals surface area contributed by atoms with Gasteiger partial charge in [0.15, 0.2) is 0 Å². The van der Waals surface area contributed by atoms with E-state index in [2.05, 4.69) is 12.1 Å². The third kappa shape index (κ3) is 3.20. The standard InChI is InChI=1S/C13H16ClNO2/c14-10-13(16)15-7-6-12(17-9-8-15)11-4-2-1-3-5-11/h1-5,12H,6-10H2. The molecular weight excluding hydrogens is 238 g/mol. The van der Waals surface area contributed by atoms with E-state index in [4.69, 9.17) is 16.3 Å². The highest BCUT2D eigenvalue weighted by Gasteiger charge is 2.21. The quantitative estimate of drug-likeness (QED) is 0.757. The summed E-state index contributed by atoms with van der Waals surface area (Å²) < 4.78 is 5.78. The van der Waals surface area contributed by atoms with Crippen LogP contribution in [-0.4, -0.2) is 36.4 Å². The Morgan fingerprint density at radius 1 is 1.35 bits per heavy atom. The molecule has 2 rings (SSSR count). The Kier molecular flexibility index (Phi) is 4.40. The third-order valence-corrected chi connectivity index (χ3v) is 3.21. The molecule has 1 fully saturated rings. The number of hydrogen-bond acceptors (Lipinski definition) is 2. The molecule has 1 aliphatic heterocycles. The lowest BCUT2D eigenvalue weighted by Crippen LogP contribution is -2.33. The first-order valence-electron chi connectivity index (χ1n) is 5.81. The van der Waals surface area contributed by atoms with Gasteiger partial charge in [-0.1, -0.05) is 30.3 Å². The second-order valence-corrected chi connectivity index (χ2v) is 4.34. The van der Waals surface area contributed by atoms with Crippen molar-refractivity contribution in [2.45, 2.75) is 12.5 Å². The molecule has 0 aliphatic carbocycles. The number of ether oxygens (including phenoxy) is 1. The second-order valence-electron chi connectivity index (χ2n) is 4.07. The van der Waals surface area contributed by atoms with Gasteiger partial charge in [-0.2, -0.15) is 0 Å². The fourth-order valence-electron chi connectivity index (χ4n) is 2.04. The van der Waals surface area contributed by atoms with Gasteiger partial charge in [0.1, 0.15) is 5.88 Å². The van der Waals surface area contributed by atoms with Crippen LogP contribution in [0.3, 0.4) is 0 Å². The van der Waals surface area contributed by atoms with Gasteiger partial charge in [-0.15, -0.1) is 11.6 Å². The highest BCUT2D eigenvalue weighted by atomic mass is 35.5. The summed E-state index contributed by atoms with van der Waals surface area (Å²) in [5.74, 6) is 0.0414. The Balaban J connectivity index is 1.99. The lowest BCUT2D eigenvalue weighted by Gasteiger charge is -2.18. The van der Waals surface area contributed by atoms with E-state index in [1.165, 1.54) is 5.56 Å². The molecule has 4 heteroatoms. The van der Waals surface area contributed by atoms with Crippen molar-refractivity contribution in [1.82, 2.24) is 4.90 Å². The smallest absolute Gasteiger partial charge is 0.237 e. The van der Waals surface area contributed by atoms with Crippen LogP contribution in [0.15, 0.2) is 30.3 Å². The molecule has 0 saturated carbocycles. The summed E-state index contributed by atoms with van der Waals surface area (Å²) in [5.41, 5.74) is 1.17. The number of halogens is 1. The van der Waals surface area contributed by atoms with Gasteiger partial charge in [-0.3, -0.25) is 4.79 Å². The van der Waals surface area contributed by atoms with Gasteiger partial charge in [-0.25, -0.2) is 0 Å². The minimum Gasteiger partial charge on any atom is -0.372 e. The summed E-state index contributed by atoms with van der Waals surface area (Å²) in [6.45, 7) is 1.92. The average Bonchev–Trinajstić information content (AvgIpc) is 2.64. The number of amides is 1. The molecule has 3 nitrogen and oxygen atoms in total. The van der Waals surface area contributed by atoms with E-state index in [0.717, 1.165) is 6.42 Å². The molecule has 0 radical (unpaired) electrons. The molecule has 1 aliphatic rings. The number of carbonyl (C=O) groups is 1. The molecule has 1 amide bonds. The minimum atomic E-state index is -0.0102. The third-order valence-electron chi connectivity index (χ3n) is 2.98. The Morgan fingerprint density at radius 2 is 2.12 bits per heavy atom. The molecular formula is C13H16ClNO2. The van der Waals surface area contributed by atoms with Crippen LogP contribution in [0.4, 0.5) is 0 Å². The van der Waals surface area contributed by atoms with E-state index in [9.17, 15) is 4.79 Å². The van der Waals surface area contributed by atoms with Crippen LogP contribution in [0.1, 0.15) is 18.1 Å². The Labute approximate surface area is 106 Å². The van der Waals surface area contributed by atoms with E-state index in [1.807, 2.05) is 18.2 Å². The van der Waals surface area contributed by atoms with Crippen molar-refractivity contribution in [3.63, 3.8) is 0 Å². The SMILES string of the molecule is O=C(CCl)N1CCOC(c2ccccc2)CC1. The molecule has 0 spiro atoms. The summed E-state index contributed by atoms with van der Waals surface area (Å²) >= 11 is 5.56. The Bertz CT molecular complexity index is 369. The van der Waals surface area contributed by atoms with E-state index in [1.54, 1.807) is 4.90 Å². The average molecular weight is 254 g/mol. The van der Waals surface area contributed by atoms with Gasteiger partial charge in [0, 0.05) is 13.1 Å². The van der Waals surface area contributed by atoms with Crippen LogP contribution in [-0.2, 0) is 9.53 Å². The summed E-state index contributed by atoms with van der Waals surface area (Å²) in [5, 5.41) is 0. The highest BCUT2D eigenvalue weighted by molar-refractivity contribution is 6.27. The fourth-order valence-corrected chi connectivity index (χ4v) is 2.21. The number of carbonyl (C=O) groups excluding carboxylic acids is 1. The van der Waals surface area contributed by atoms with Crippen molar-refractivity contribution >= 4 is 17.5 Å². The predicted octanol–water partition coefficient (Wildman–Crippen LogP) is 2.22. The maximum atomic E-state index is 11.5. The zero-order valence-electron chi connectivity index (χ0n) is 9.64. The van der Waals surface area contributed by atoms with Crippen LogP contribution >= 0.6 is 11.6 Å². The van der Waals surface area contributed by atoms with Crippen molar-refractivity contribution in [2.75, 3.05) is 25.6 Å². The topological polar surface area (TPSA) is 29.5 Å². The van der Waals surface area contributed by atoms with Crippen molar-refractivity contribution in [1.29, 1.82) is 0 Å². The molecule has 0 bridgehead atoms. The van der Waals surface area contributed by atoms with Crippen LogP contribution in [0.2, 0.25) is 0 Å². The van der Waals surface area contributed by atoms with Crippen LogP contribution in [0.25, 0.3) is 0 Å². The normalized spacial score (nSPS) is 21.0. The van der Waals surface area contributed by atoms with Gasteiger partial charge < -0.3 is 9.64 Å². The number of rotatable bonds is 2. The number of benzene rings is 1. The van der Waals surface area contributed by atoms with Crippen molar-refractivity contribution < 1.29 is 9.53 Å². The molecule has 1 unspecified atom stereocenters. The fraction of sp³-hybridized carbons (Fsp3) is 0.462. The maximum Gasteiger partial charge on any atom is 0.237 e. The van der Waals surface area contributed by atoms with Gasteiger partial charge in [0.25, 0.3) is 0 Å². The zero-order valence-corrected chi connectivity index (χ0v) is 10.4. The molecule has 17 heavy (non-hydrogen) atoms. The largest absolute Gasteiger partial charge is 0.372 e. The summed E-state index contributed by atoms with van der Waals surface area (Å²) in [6.07, 6.45) is 0.913. The predicted molar refractivity (Wildman–Crippen MR) is 67.1 cm³/mol. The van der Waals surface area contributed by atoms with Crippen LogP contribution < -0.4 is 0 Å². The second kappa shape index (κ2) is 6.03. The minimum absolute atomic E-state index is 0.0102. The van der Waals surface area contributed by atoms with E-state index in [-0.39, 0.29) is 17.9 Å². The van der Waals surface area contributed by atoms with Gasteiger partial charge >= 0.3 is 0 Å². The van der Waals surface area contributed by atoms with Gasteiger partial charge in [0.2, 0.25) is 5.91 Å².